The lowest BCUT2D eigenvalue weighted by Crippen LogP contribution is -2.42. The Kier molecular flexibility index (Phi) is 5.07. The predicted molar refractivity (Wildman–Crippen MR) is 92.7 cm³/mol. The van der Waals surface area contributed by atoms with E-state index in [9.17, 15) is 13.2 Å². The number of amides is 1. The second kappa shape index (κ2) is 7.08. The first-order valence-electron chi connectivity index (χ1n) is 8.15. The normalized spacial score (nSPS) is 22.5. The topological polar surface area (TPSA) is 79.0 Å². The molecule has 3 rings (SSSR count). The molecule has 2 saturated heterocycles. The smallest absolute Gasteiger partial charge is 0.242 e. The fourth-order valence-electron chi connectivity index (χ4n) is 3.20. The summed E-state index contributed by atoms with van der Waals surface area (Å²) in [7, 11) is -3.36. The first-order valence-corrected chi connectivity index (χ1v) is 10.0. The molecule has 1 unspecified atom stereocenters. The SMILES string of the molecule is CS(=O)(=O)N1CCCC1C(=O)Nc1ccc(N2CCOCC2)cc1. The van der Waals surface area contributed by atoms with E-state index >= 15 is 0 Å². The van der Waals surface area contributed by atoms with Crippen LogP contribution in [-0.4, -0.2) is 63.8 Å². The Morgan fingerprint density at radius 3 is 2.46 bits per heavy atom. The number of carbonyl (C=O) groups is 1. The van der Waals surface area contributed by atoms with Crippen LogP contribution < -0.4 is 10.2 Å². The average Bonchev–Trinajstić information content (AvgIpc) is 3.06. The standard InChI is InChI=1S/C16H23N3O4S/c1-24(21,22)19-8-2-3-15(19)16(20)17-13-4-6-14(7-5-13)18-9-11-23-12-10-18/h4-7,15H,2-3,8-12H2,1H3,(H,17,20). The van der Waals surface area contributed by atoms with Crippen LogP contribution in [0.15, 0.2) is 24.3 Å². The van der Waals surface area contributed by atoms with Gasteiger partial charge >= 0.3 is 0 Å². The summed E-state index contributed by atoms with van der Waals surface area (Å²) in [6, 6.07) is 7.01. The van der Waals surface area contributed by atoms with Crippen LogP contribution in [0.4, 0.5) is 11.4 Å². The molecule has 24 heavy (non-hydrogen) atoms. The third-order valence-electron chi connectivity index (χ3n) is 4.44. The Morgan fingerprint density at radius 1 is 1.17 bits per heavy atom. The van der Waals surface area contributed by atoms with Crippen LogP contribution in [-0.2, 0) is 19.6 Å². The summed E-state index contributed by atoms with van der Waals surface area (Å²) in [5.74, 6) is -0.267. The highest BCUT2D eigenvalue weighted by Gasteiger charge is 2.36. The first-order chi connectivity index (χ1) is 11.4. The Hall–Kier alpha value is -1.64. The highest BCUT2D eigenvalue weighted by molar-refractivity contribution is 7.88. The number of morpholine rings is 1. The Labute approximate surface area is 142 Å². The van der Waals surface area contributed by atoms with Gasteiger partial charge in [-0.2, -0.15) is 4.31 Å². The number of rotatable bonds is 4. The van der Waals surface area contributed by atoms with E-state index in [2.05, 4.69) is 10.2 Å². The van der Waals surface area contributed by atoms with Crippen molar-refractivity contribution < 1.29 is 17.9 Å². The fourth-order valence-corrected chi connectivity index (χ4v) is 4.33. The van der Waals surface area contributed by atoms with Gasteiger partial charge in [-0.3, -0.25) is 4.79 Å². The van der Waals surface area contributed by atoms with Crippen LogP contribution in [0.2, 0.25) is 0 Å². The lowest BCUT2D eigenvalue weighted by molar-refractivity contribution is -0.119. The number of ether oxygens (including phenoxy) is 1. The number of anilines is 2. The minimum atomic E-state index is -3.36. The second-order valence-electron chi connectivity index (χ2n) is 6.17. The Bertz CT molecular complexity index is 684. The van der Waals surface area contributed by atoms with Gasteiger partial charge < -0.3 is 15.0 Å². The van der Waals surface area contributed by atoms with E-state index in [0.717, 1.165) is 38.2 Å². The van der Waals surface area contributed by atoms with Crippen LogP contribution in [0.1, 0.15) is 12.8 Å². The van der Waals surface area contributed by atoms with Gasteiger partial charge in [-0.05, 0) is 37.1 Å². The molecular formula is C16H23N3O4S. The molecule has 1 aromatic carbocycles. The number of nitrogens with one attached hydrogen (secondary N) is 1. The zero-order valence-corrected chi connectivity index (χ0v) is 14.6. The van der Waals surface area contributed by atoms with Crippen molar-refractivity contribution in [1.29, 1.82) is 0 Å². The van der Waals surface area contributed by atoms with Crippen molar-refractivity contribution in [2.45, 2.75) is 18.9 Å². The highest BCUT2D eigenvalue weighted by atomic mass is 32.2. The second-order valence-corrected chi connectivity index (χ2v) is 8.10. The molecule has 0 saturated carbocycles. The number of sulfonamides is 1. The van der Waals surface area contributed by atoms with Gasteiger partial charge in [-0.1, -0.05) is 0 Å². The van der Waals surface area contributed by atoms with E-state index in [1.165, 1.54) is 4.31 Å². The summed E-state index contributed by atoms with van der Waals surface area (Å²) < 4.78 is 30.1. The molecule has 2 heterocycles. The molecular weight excluding hydrogens is 330 g/mol. The van der Waals surface area contributed by atoms with Crippen LogP contribution >= 0.6 is 0 Å². The van der Waals surface area contributed by atoms with Crippen molar-refractivity contribution in [3.63, 3.8) is 0 Å². The number of carbonyl (C=O) groups excluding carboxylic acids is 1. The van der Waals surface area contributed by atoms with E-state index < -0.39 is 16.1 Å². The molecule has 2 fully saturated rings. The Morgan fingerprint density at radius 2 is 1.83 bits per heavy atom. The van der Waals surface area contributed by atoms with Crippen LogP contribution in [0.3, 0.4) is 0 Å². The molecule has 0 bridgehead atoms. The quantitative estimate of drug-likeness (QED) is 0.870. The molecule has 132 valence electrons. The van der Waals surface area contributed by atoms with Crippen molar-refractivity contribution in [3.8, 4) is 0 Å². The summed E-state index contributed by atoms with van der Waals surface area (Å²) in [4.78, 5) is 14.6. The van der Waals surface area contributed by atoms with E-state index in [0.29, 0.717) is 25.1 Å². The van der Waals surface area contributed by atoms with Crippen molar-refractivity contribution in [3.05, 3.63) is 24.3 Å². The molecule has 7 nitrogen and oxygen atoms in total. The predicted octanol–water partition coefficient (Wildman–Crippen LogP) is 0.886. The average molecular weight is 353 g/mol. The molecule has 1 atom stereocenters. The van der Waals surface area contributed by atoms with Gasteiger partial charge in [0.1, 0.15) is 6.04 Å². The summed E-state index contributed by atoms with van der Waals surface area (Å²) in [6.45, 7) is 3.57. The van der Waals surface area contributed by atoms with Crippen LogP contribution in [0.25, 0.3) is 0 Å². The zero-order valence-electron chi connectivity index (χ0n) is 13.8. The van der Waals surface area contributed by atoms with E-state index in [-0.39, 0.29) is 5.91 Å². The molecule has 8 heteroatoms. The lowest BCUT2D eigenvalue weighted by atomic mass is 10.2. The van der Waals surface area contributed by atoms with Gasteiger partial charge in [-0.15, -0.1) is 0 Å². The molecule has 0 aromatic heterocycles. The maximum absolute atomic E-state index is 12.4. The van der Waals surface area contributed by atoms with Crippen LogP contribution in [0, 0.1) is 0 Å². The molecule has 0 aliphatic carbocycles. The maximum Gasteiger partial charge on any atom is 0.242 e. The van der Waals surface area contributed by atoms with Gasteiger partial charge in [0.15, 0.2) is 0 Å². The van der Waals surface area contributed by atoms with Crippen molar-refractivity contribution in [2.75, 3.05) is 49.3 Å². The Balaban J connectivity index is 1.64. The van der Waals surface area contributed by atoms with Crippen molar-refractivity contribution >= 4 is 27.3 Å². The van der Waals surface area contributed by atoms with Gasteiger partial charge in [0.25, 0.3) is 0 Å². The van der Waals surface area contributed by atoms with Gasteiger partial charge in [0.2, 0.25) is 15.9 Å². The van der Waals surface area contributed by atoms with Crippen LogP contribution in [0.5, 0.6) is 0 Å². The maximum atomic E-state index is 12.4. The number of benzene rings is 1. The molecule has 0 radical (unpaired) electrons. The summed E-state index contributed by atoms with van der Waals surface area (Å²) in [5.41, 5.74) is 1.77. The van der Waals surface area contributed by atoms with Crippen molar-refractivity contribution in [2.24, 2.45) is 0 Å². The highest BCUT2D eigenvalue weighted by Crippen LogP contribution is 2.23. The summed E-state index contributed by atoms with van der Waals surface area (Å²) in [5, 5.41) is 2.83. The van der Waals surface area contributed by atoms with Gasteiger partial charge in [-0.25, -0.2) is 8.42 Å². The van der Waals surface area contributed by atoms with Gasteiger partial charge in [0, 0.05) is 31.0 Å². The van der Waals surface area contributed by atoms with E-state index in [4.69, 9.17) is 4.74 Å². The largest absolute Gasteiger partial charge is 0.378 e. The number of hydrogen-bond donors (Lipinski definition) is 1. The first kappa shape index (κ1) is 17.2. The third kappa shape index (κ3) is 3.88. The van der Waals surface area contributed by atoms with E-state index in [1.807, 2.05) is 24.3 Å². The summed E-state index contributed by atoms with van der Waals surface area (Å²) >= 11 is 0. The number of nitrogens with zero attached hydrogens (tertiary/aromatic N) is 2. The molecule has 1 amide bonds. The number of hydrogen-bond acceptors (Lipinski definition) is 5. The van der Waals surface area contributed by atoms with E-state index in [1.54, 1.807) is 0 Å². The van der Waals surface area contributed by atoms with Crippen molar-refractivity contribution in [1.82, 2.24) is 4.31 Å². The molecule has 2 aliphatic heterocycles. The molecule has 1 aromatic rings. The molecule has 2 aliphatic rings. The minimum absolute atomic E-state index is 0.267. The molecule has 1 N–H and O–H groups in total. The zero-order chi connectivity index (χ0) is 17.2. The third-order valence-corrected chi connectivity index (χ3v) is 5.73. The fraction of sp³-hybridized carbons (Fsp3) is 0.562. The minimum Gasteiger partial charge on any atom is -0.378 e. The summed E-state index contributed by atoms with van der Waals surface area (Å²) in [6.07, 6.45) is 2.42. The molecule has 0 spiro atoms. The lowest BCUT2D eigenvalue weighted by Gasteiger charge is -2.29. The monoisotopic (exact) mass is 353 g/mol. The van der Waals surface area contributed by atoms with Gasteiger partial charge in [0.05, 0.1) is 19.5 Å².